The predicted octanol–water partition coefficient (Wildman–Crippen LogP) is 4.01. The molecule has 0 saturated heterocycles. The standard InChI is InChI=1S/C18H26N2/c1-14(2)17(12-16-8-6-5-7-9-16)18(15(3)4)20-11-10-19-13-20/h5-11,13-15,17-18H,12H2,1-4H3/p+1. The zero-order valence-corrected chi connectivity index (χ0v) is 13.1. The molecule has 1 heterocycles. The third-order valence-electron chi connectivity index (χ3n) is 4.20. The first-order chi connectivity index (χ1) is 9.59. The summed E-state index contributed by atoms with van der Waals surface area (Å²) in [6.45, 7) is 9.34. The minimum atomic E-state index is 0.529. The molecule has 1 N–H and O–H groups in total. The summed E-state index contributed by atoms with van der Waals surface area (Å²) in [6, 6.07) is 11.4. The van der Waals surface area contributed by atoms with E-state index in [1.54, 1.807) is 0 Å². The van der Waals surface area contributed by atoms with Crippen molar-refractivity contribution in [3.05, 3.63) is 54.6 Å². The molecule has 0 bridgehead atoms. The lowest BCUT2D eigenvalue weighted by Gasteiger charge is -2.30. The molecule has 2 nitrogen and oxygen atoms in total. The Balaban J connectivity index is 2.26. The summed E-state index contributed by atoms with van der Waals surface area (Å²) in [5.74, 6) is 1.91. The van der Waals surface area contributed by atoms with E-state index in [2.05, 4.69) is 80.1 Å². The molecule has 0 fully saturated rings. The van der Waals surface area contributed by atoms with Gasteiger partial charge in [-0.1, -0.05) is 58.0 Å². The van der Waals surface area contributed by atoms with Gasteiger partial charge < -0.3 is 0 Å². The number of benzene rings is 1. The van der Waals surface area contributed by atoms with Gasteiger partial charge in [-0.25, -0.2) is 4.57 Å². The van der Waals surface area contributed by atoms with Crippen molar-refractivity contribution in [2.45, 2.75) is 40.2 Å². The van der Waals surface area contributed by atoms with Gasteiger partial charge in [-0.2, -0.15) is 0 Å². The van der Waals surface area contributed by atoms with Gasteiger partial charge >= 0.3 is 0 Å². The monoisotopic (exact) mass is 271 g/mol. The summed E-state index contributed by atoms with van der Waals surface area (Å²) in [5.41, 5.74) is 1.44. The number of H-pyrrole nitrogens is 1. The van der Waals surface area contributed by atoms with Gasteiger partial charge in [0.05, 0.1) is 0 Å². The van der Waals surface area contributed by atoms with Gasteiger partial charge in [-0.15, -0.1) is 0 Å². The average molecular weight is 271 g/mol. The number of nitrogens with one attached hydrogen (secondary N) is 1. The van der Waals surface area contributed by atoms with Gasteiger partial charge in [0.15, 0.2) is 0 Å². The molecule has 108 valence electrons. The van der Waals surface area contributed by atoms with E-state index in [1.807, 2.05) is 6.20 Å². The summed E-state index contributed by atoms with van der Waals surface area (Å²) in [6.07, 6.45) is 7.39. The maximum absolute atomic E-state index is 3.19. The third-order valence-corrected chi connectivity index (χ3v) is 4.20. The van der Waals surface area contributed by atoms with Gasteiger partial charge in [0.1, 0.15) is 18.4 Å². The van der Waals surface area contributed by atoms with E-state index >= 15 is 0 Å². The number of rotatable bonds is 6. The van der Waals surface area contributed by atoms with Gasteiger partial charge in [-0.05, 0) is 23.8 Å². The molecular weight excluding hydrogens is 244 g/mol. The SMILES string of the molecule is CC(C)C(Cc1ccccc1)C(C(C)C)[n+]1cc[nH]c1. The molecule has 2 aromatic rings. The van der Waals surface area contributed by atoms with E-state index in [9.17, 15) is 0 Å². The Morgan fingerprint density at radius 2 is 1.70 bits per heavy atom. The van der Waals surface area contributed by atoms with Crippen molar-refractivity contribution in [3.8, 4) is 0 Å². The Hall–Kier alpha value is -1.57. The molecule has 0 aliphatic heterocycles. The number of nitrogens with zero attached hydrogens (tertiary/aromatic N) is 1. The number of aromatic amines is 1. The molecule has 1 aromatic heterocycles. The lowest BCUT2D eigenvalue weighted by atomic mass is 9.78. The van der Waals surface area contributed by atoms with Crippen LogP contribution in [0.1, 0.15) is 39.3 Å². The Kier molecular flexibility index (Phi) is 4.99. The van der Waals surface area contributed by atoms with Crippen LogP contribution in [0.2, 0.25) is 0 Å². The largest absolute Gasteiger partial charge is 0.250 e. The second kappa shape index (κ2) is 6.74. The Morgan fingerprint density at radius 1 is 1.00 bits per heavy atom. The van der Waals surface area contributed by atoms with E-state index < -0.39 is 0 Å². The van der Waals surface area contributed by atoms with Crippen LogP contribution in [-0.4, -0.2) is 4.98 Å². The fourth-order valence-corrected chi connectivity index (χ4v) is 3.18. The summed E-state index contributed by atoms with van der Waals surface area (Å²) in [5, 5.41) is 0. The molecule has 0 spiro atoms. The van der Waals surface area contributed by atoms with E-state index in [4.69, 9.17) is 0 Å². The zero-order chi connectivity index (χ0) is 14.5. The smallest absolute Gasteiger partial charge is 0.241 e. The Morgan fingerprint density at radius 3 is 2.20 bits per heavy atom. The van der Waals surface area contributed by atoms with Gasteiger partial charge in [0.2, 0.25) is 6.33 Å². The van der Waals surface area contributed by atoms with Crippen LogP contribution in [0.25, 0.3) is 0 Å². The first-order valence-corrected chi connectivity index (χ1v) is 7.67. The first-order valence-electron chi connectivity index (χ1n) is 7.67. The Bertz CT molecular complexity index is 485. The van der Waals surface area contributed by atoms with Crippen LogP contribution < -0.4 is 4.57 Å². The highest BCUT2D eigenvalue weighted by Gasteiger charge is 2.32. The van der Waals surface area contributed by atoms with Crippen LogP contribution in [0.15, 0.2) is 49.1 Å². The van der Waals surface area contributed by atoms with Crippen LogP contribution >= 0.6 is 0 Å². The van der Waals surface area contributed by atoms with Crippen molar-refractivity contribution >= 4 is 0 Å². The highest BCUT2D eigenvalue weighted by atomic mass is 15.1. The molecule has 0 radical (unpaired) electrons. The zero-order valence-electron chi connectivity index (χ0n) is 13.1. The fourth-order valence-electron chi connectivity index (χ4n) is 3.18. The normalized spacial score (nSPS) is 14.7. The second-order valence-corrected chi connectivity index (χ2v) is 6.39. The number of hydrogen-bond acceptors (Lipinski definition) is 0. The molecule has 0 amide bonds. The summed E-state index contributed by atoms with van der Waals surface area (Å²) < 4.78 is 2.35. The van der Waals surface area contributed by atoms with Crippen molar-refractivity contribution in [1.82, 2.24) is 4.98 Å². The Labute approximate surface area is 122 Å². The van der Waals surface area contributed by atoms with Crippen LogP contribution in [0.5, 0.6) is 0 Å². The highest BCUT2D eigenvalue weighted by Crippen LogP contribution is 2.30. The van der Waals surface area contributed by atoms with E-state index in [0.717, 1.165) is 6.42 Å². The van der Waals surface area contributed by atoms with Crippen molar-refractivity contribution in [2.75, 3.05) is 0 Å². The quantitative estimate of drug-likeness (QED) is 0.766. The topological polar surface area (TPSA) is 19.7 Å². The number of hydrogen-bond donors (Lipinski definition) is 1. The molecule has 2 atom stereocenters. The van der Waals surface area contributed by atoms with Crippen molar-refractivity contribution in [1.29, 1.82) is 0 Å². The third kappa shape index (κ3) is 3.50. The van der Waals surface area contributed by atoms with Gasteiger partial charge in [-0.3, -0.25) is 4.98 Å². The molecule has 2 heteroatoms. The van der Waals surface area contributed by atoms with E-state index in [1.165, 1.54) is 5.56 Å². The summed E-state index contributed by atoms with van der Waals surface area (Å²) >= 11 is 0. The van der Waals surface area contributed by atoms with Crippen molar-refractivity contribution in [2.24, 2.45) is 17.8 Å². The number of imidazole rings is 1. The minimum absolute atomic E-state index is 0.529. The lowest BCUT2D eigenvalue weighted by Crippen LogP contribution is -2.46. The molecule has 2 unspecified atom stereocenters. The van der Waals surface area contributed by atoms with Crippen LogP contribution in [0.4, 0.5) is 0 Å². The van der Waals surface area contributed by atoms with Crippen LogP contribution in [0.3, 0.4) is 0 Å². The van der Waals surface area contributed by atoms with Gasteiger partial charge in [0.25, 0.3) is 0 Å². The molecule has 0 aliphatic carbocycles. The molecule has 2 rings (SSSR count). The van der Waals surface area contributed by atoms with E-state index in [-0.39, 0.29) is 0 Å². The molecule has 0 aliphatic rings. The lowest BCUT2D eigenvalue weighted by molar-refractivity contribution is -0.736. The summed E-state index contributed by atoms with van der Waals surface area (Å²) in [4.78, 5) is 3.19. The maximum Gasteiger partial charge on any atom is 0.241 e. The molecule has 0 saturated carbocycles. The second-order valence-electron chi connectivity index (χ2n) is 6.39. The van der Waals surface area contributed by atoms with E-state index in [0.29, 0.717) is 23.8 Å². The summed E-state index contributed by atoms with van der Waals surface area (Å²) in [7, 11) is 0. The van der Waals surface area contributed by atoms with Crippen molar-refractivity contribution in [3.63, 3.8) is 0 Å². The minimum Gasteiger partial charge on any atom is -0.250 e. The van der Waals surface area contributed by atoms with Crippen LogP contribution in [0, 0.1) is 17.8 Å². The average Bonchev–Trinajstić information content (AvgIpc) is 2.92. The predicted molar refractivity (Wildman–Crippen MR) is 83.3 cm³/mol. The highest BCUT2D eigenvalue weighted by molar-refractivity contribution is 5.15. The van der Waals surface area contributed by atoms with Crippen LogP contribution in [-0.2, 0) is 6.42 Å². The first kappa shape index (κ1) is 14.8. The maximum atomic E-state index is 3.19. The van der Waals surface area contributed by atoms with Gasteiger partial charge in [0, 0.05) is 5.92 Å². The fraction of sp³-hybridized carbons (Fsp3) is 0.500. The number of aromatic nitrogens is 2. The molecule has 1 aromatic carbocycles. The molecular formula is C18H27N2+. The molecule has 20 heavy (non-hydrogen) atoms. The van der Waals surface area contributed by atoms with Crippen molar-refractivity contribution < 1.29 is 4.57 Å².